The van der Waals surface area contributed by atoms with Crippen molar-refractivity contribution in [2.45, 2.75) is 57.2 Å². The predicted molar refractivity (Wildman–Crippen MR) is 66.2 cm³/mol. The van der Waals surface area contributed by atoms with E-state index in [0.717, 1.165) is 18.9 Å². The van der Waals surface area contributed by atoms with E-state index in [1.807, 2.05) is 6.92 Å². The van der Waals surface area contributed by atoms with Crippen LogP contribution in [0.25, 0.3) is 0 Å². The number of hydrogen-bond acceptors (Lipinski definition) is 5. The van der Waals surface area contributed by atoms with Gasteiger partial charge in [-0.25, -0.2) is 0 Å². The van der Waals surface area contributed by atoms with Gasteiger partial charge in [-0.05, 0) is 19.3 Å². The summed E-state index contributed by atoms with van der Waals surface area (Å²) in [7, 11) is 1.79. The highest BCUT2D eigenvalue weighted by Crippen LogP contribution is 2.38. The van der Waals surface area contributed by atoms with Gasteiger partial charge in [-0.1, -0.05) is 12.8 Å². The van der Waals surface area contributed by atoms with Crippen LogP contribution in [0.1, 0.15) is 49.9 Å². The number of rotatable bonds is 3. The van der Waals surface area contributed by atoms with Crippen LogP contribution in [0, 0.1) is 6.92 Å². The molecule has 0 unspecified atom stereocenters. The largest absolute Gasteiger partial charge is 0.424 e. The smallest absolute Gasteiger partial charge is 0.233 e. The molecule has 1 aromatic heterocycles. The molecule has 0 amide bonds. The van der Waals surface area contributed by atoms with Crippen LogP contribution >= 0.6 is 0 Å². The van der Waals surface area contributed by atoms with Crippen LogP contribution < -0.4 is 0 Å². The second-order valence-corrected chi connectivity index (χ2v) is 5.40. The minimum absolute atomic E-state index is 0.249. The van der Waals surface area contributed by atoms with Gasteiger partial charge in [-0.3, -0.25) is 4.90 Å². The first-order chi connectivity index (χ1) is 8.78. The second-order valence-electron chi connectivity index (χ2n) is 5.40. The SMILES string of the molecule is CO[C@@H]1C[C@H](c2nnc(C)o2)N(C2CCCC2)C1. The molecule has 1 saturated heterocycles. The van der Waals surface area contributed by atoms with Crippen LogP contribution in [-0.4, -0.2) is 40.9 Å². The van der Waals surface area contributed by atoms with Gasteiger partial charge >= 0.3 is 0 Å². The third-order valence-corrected chi connectivity index (χ3v) is 4.25. The Hall–Kier alpha value is -0.940. The Balaban J connectivity index is 1.80. The van der Waals surface area contributed by atoms with E-state index in [0.29, 0.717) is 18.0 Å². The molecule has 0 radical (unpaired) electrons. The summed E-state index contributed by atoms with van der Waals surface area (Å²) in [5, 5.41) is 8.16. The Morgan fingerprint density at radius 2 is 2.06 bits per heavy atom. The van der Waals surface area contributed by atoms with E-state index in [1.165, 1.54) is 25.7 Å². The number of methoxy groups -OCH3 is 1. The molecule has 0 N–H and O–H groups in total. The lowest BCUT2D eigenvalue weighted by molar-refractivity contribution is 0.0991. The normalized spacial score (nSPS) is 30.3. The van der Waals surface area contributed by atoms with Crippen LogP contribution in [0.2, 0.25) is 0 Å². The van der Waals surface area contributed by atoms with E-state index in [-0.39, 0.29) is 6.04 Å². The molecule has 18 heavy (non-hydrogen) atoms. The summed E-state index contributed by atoms with van der Waals surface area (Å²) in [5.74, 6) is 1.41. The van der Waals surface area contributed by atoms with Crippen LogP contribution in [-0.2, 0) is 4.74 Å². The second kappa shape index (κ2) is 4.97. The maximum Gasteiger partial charge on any atom is 0.233 e. The molecule has 1 saturated carbocycles. The van der Waals surface area contributed by atoms with Crippen molar-refractivity contribution in [3.63, 3.8) is 0 Å². The molecule has 0 spiro atoms. The highest BCUT2D eigenvalue weighted by molar-refractivity contribution is 5.00. The highest BCUT2D eigenvalue weighted by atomic mass is 16.5. The molecule has 2 atom stereocenters. The summed E-state index contributed by atoms with van der Waals surface area (Å²) < 4.78 is 11.2. The molecule has 3 rings (SSSR count). The third kappa shape index (κ3) is 2.17. The Kier molecular flexibility index (Phi) is 3.35. The van der Waals surface area contributed by atoms with Gasteiger partial charge in [-0.2, -0.15) is 0 Å². The molecular formula is C13H21N3O2. The van der Waals surface area contributed by atoms with Crippen LogP contribution in [0.5, 0.6) is 0 Å². The fraction of sp³-hybridized carbons (Fsp3) is 0.846. The van der Waals surface area contributed by atoms with Crippen molar-refractivity contribution in [2.75, 3.05) is 13.7 Å². The Morgan fingerprint density at radius 1 is 1.28 bits per heavy atom. The fourth-order valence-electron chi connectivity index (χ4n) is 3.32. The van der Waals surface area contributed by atoms with Crippen LogP contribution in [0.15, 0.2) is 4.42 Å². The molecular weight excluding hydrogens is 230 g/mol. The number of aryl methyl sites for hydroxylation is 1. The maximum absolute atomic E-state index is 5.63. The van der Waals surface area contributed by atoms with E-state index < -0.39 is 0 Å². The van der Waals surface area contributed by atoms with Crippen molar-refractivity contribution in [1.29, 1.82) is 0 Å². The fourth-order valence-corrected chi connectivity index (χ4v) is 3.32. The van der Waals surface area contributed by atoms with Crippen molar-refractivity contribution in [3.8, 4) is 0 Å². The minimum Gasteiger partial charge on any atom is -0.424 e. The number of nitrogens with zero attached hydrogens (tertiary/aromatic N) is 3. The van der Waals surface area contributed by atoms with Gasteiger partial charge in [-0.15, -0.1) is 10.2 Å². The Bertz CT molecular complexity index is 401. The van der Waals surface area contributed by atoms with E-state index in [9.17, 15) is 0 Å². The summed E-state index contributed by atoms with van der Waals surface area (Å²) in [4.78, 5) is 2.52. The standard InChI is InChI=1S/C13H21N3O2/c1-9-14-15-13(18-9)12-7-11(17-2)8-16(12)10-5-3-4-6-10/h10-12H,3-8H2,1-2H3/t11-,12-/m1/s1. The Labute approximate surface area is 108 Å². The molecule has 0 aromatic carbocycles. The Morgan fingerprint density at radius 3 is 2.67 bits per heavy atom. The average molecular weight is 251 g/mol. The monoisotopic (exact) mass is 251 g/mol. The predicted octanol–water partition coefficient (Wildman–Crippen LogP) is 2.08. The number of aromatic nitrogens is 2. The minimum atomic E-state index is 0.249. The first-order valence-corrected chi connectivity index (χ1v) is 6.86. The first-order valence-electron chi connectivity index (χ1n) is 6.86. The molecule has 5 heteroatoms. The number of likely N-dealkylation sites (tertiary alicyclic amines) is 1. The molecule has 5 nitrogen and oxygen atoms in total. The molecule has 100 valence electrons. The zero-order valence-electron chi connectivity index (χ0n) is 11.1. The van der Waals surface area contributed by atoms with Crippen molar-refractivity contribution >= 4 is 0 Å². The highest BCUT2D eigenvalue weighted by Gasteiger charge is 2.40. The summed E-state index contributed by atoms with van der Waals surface area (Å²) in [6.45, 7) is 2.84. The van der Waals surface area contributed by atoms with Gasteiger partial charge in [0.1, 0.15) is 0 Å². The van der Waals surface area contributed by atoms with Gasteiger partial charge < -0.3 is 9.15 Å². The van der Waals surface area contributed by atoms with Gasteiger partial charge in [0, 0.05) is 26.6 Å². The third-order valence-electron chi connectivity index (χ3n) is 4.25. The molecule has 2 heterocycles. The maximum atomic E-state index is 5.63. The molecule has 2 aliphatic rings. The quantitative estimate of drug-likeness (QED) is 0.823. The van der Waals surface area contributed by atoms with Gasteiger partial charge in [0.25, 0.3) is 0 Å². The lowest BCUT2D eigenvalue weighted by Crippen LogP contribution is -2.34. The summed E-state index contributed by atoms with van der Waals surface area (Å²) in [5.41, 5.74) is 0. The van der Waals surface area contributed by atoms with Gasteiger partial charge in [0.15, 0.2) is 0 Å². The van der Waals surface area contributed by atoms with Crippen molar-refractivity contribution in [1.82, 2.24) is 15.1 Å². The first kappa shape index (κ1) is 12.1. The molecule has 1 aliphatic heterocycles. The van der Waals surface area contributed by atoms with Gasteiger partial charge in [0.2, 0.25) is 11.8 Å². The molecule has 1 aromatic rings. The van der Waals surface area contributed by atoms with Crippen molar-refractivity contribution in [3.05, 3.63) is 11.8 Å². The average Bonchev–Trinajstić information content (AvgIpc) is 3.07. The van der Waals surface area contributed by atoms with Crippen LogP contribution in [0.3, 0.4) is 0 Å². The lowest BCUT2D eigenvalue weighted by atomic mass is 10.1. The topological polar surface area (TPSA) is 51.4 Å². The summed E-state index contributed by atoms with van der Waals surface area (Å²) >= 11 is 0. The van der Waals surface area contributed by atoms with Crippen molar-refractivity contribution in [2.24, 2.45) is 0 Å². The molecule has 2 fully saturated rings. The van der Waals surface area contributed by atoms with E-state index in [1.54, 1.807) is 7.11 Å². The van der Waals surface area contributed by atoms with E-state index in [4.69, 9.17) is 9.15 Å². The zero-order valence-corrected chi connectivity index (χ0v) is 11.1. The number of hydrogen-bond donors (Lipinski definition) is 0. The summed E-state index contributed by atoms with van der Waals surface area (Å²) in [6.07, 6.45) is 6.53. The van der Waals surface area contributed by atoms with E-state index in [2.05, 4.69) is 15.1 Å². The van der Waals surface area contributed by atoms with E-state index >= 15 is 0 Å². The zero-order chi connectivity index (χ0) is 12.5. The lowest BCUT2D eigenvalue weighted by Gasteiger charge is -2.28. The van der Waals surface area contributed by atoms with Gasteiger partial charge in [0.05, 0.1) is 12.1 Å². The van der Waals surface area contributed by atoms with Crippen molar-refractivity contribution < 1.29 is 9.15 Å². The molecule has 1 aliphatic carbocycles. The summed E-state index contributed by atoms with van der Waals surface area (Å²) in [6, 6.07) is 0.918. The molecule has 0 bridgehead atoms. The van der Waals surface area contributed by atoms with Crippen LogP contribution in [0.4, 0.5) is 0 Å². The number of ether oxygens (including phenoxy) is 1.